The predicted octanol–water partition coefficient (Wildman–Crippen LogP) is 3.44. The molecule has 0 aliphatic rings. The van der Waals surface area contributed by atoms with E-state index in [9.17, 15) is 4.21 Å². The molecule has 2 atom stereocenters. The molecule has 0 amide bonds. The van der Waals surface area contributed by atoms with Crippen molar-refractivity contribution in [3.05, 3.63) is 0 Å². The molecule has 0 aliphatic heterocycles. The molecule has 0 fully saturated rings. The number of hydrogen-bond donors (Lipinski definition) is 0. The van der Waals surface area contributed by atoms with E-state index >= 15 is 0 Å². The maximum absolute atomic E-state index is 11.5. The van der Waals surface area contributed by atoms with Crippen LogP contribution in [0, 0.1) is 0 Å². The number of rotatable bonds is 6. The quantitative estimate of drug-likeness (QED) is 0.424. The van der Waals surface area contributed by atoms with Gasteiger partial charge in [-0.2, -0.15) is 0 Å². The van der Waals surface area contributed by atoms with E-state index in [2.05, 4.69) is 13.8 Å². The minimum Gasteiger partial charge on any atom is -0.246 e. The average Bonchev–Trinajstić information content (AvgIpc) is 1.95. The van der Waals surface area contributed by atoms with Crippen LogP contribution < -0.4 is 0 Å². The van der Waals surface area contributed by atoms with E-state index in [4.69, 9.17) is 11.2 Å². The molecule has 0 rings (SSSR count). The van der Waals surface area contributed by atoms with E-state index in [1.807, 2.05) is 21.2 Å². The molecule has 0 saturated carbocycles. The van der Waals surface area contributed by atoms with E-state index in [1.165, 1.54) is 19.3 Å². The standard InChI is InChI=1S/C8H17IOS2/c1-3-5-6-7-8(4-2)12(9,10)11/h8H,3-7H2,1-2H3. The van der Waals surface area contributed by atoms with Crippen LogP contribution in [0.15, 0.2) is 0 Å². The SMILES string of the molecule is CCCCCC(CC)S(=O)(=S)I. The Morgan fingerprint density at radius 1 is 1.42 bits per heavy atom. The Hall–Kier alpha value is 1.10. The van der Waals surface area contributed by atoms with Crippen LogP contribution in [0.5, 0.6) is 0 Å². The Kier molecular flexibility index (Phi) is 7.14. The van der Waals surface area contributed by atoms with Gasteiger partial charge >= 0.3 is 0 Å². The van der Waals surface area contributed by atoms with Gasteiger partial charge in [0.15, 0.2) is 0 Å². The first-order valence-electron chi connectivity index (χ1n) is 4.45. The third kappa shape index (κ3) is 5.70. The van der Waals surface area contributed by atoms with Gasteiger partial charge in [0.1, 0.15) is 0 Å². The highest BCUT2D eigenvalue weighted by atomic mass is 127. The van der Waals surface area contributed by atoms with Crippen molar-refractivity contribution in [2.75, 3.05) is 0 Å². The summed E-state index contributed by atoms with van der Waals surface area (Å²) in [4.78, 5) is 0. The zero-order valence-corrected chi connectivity index (χ0v) is 11.5. The Balaban J connectivity index is 3.85. The van der Waals surface area contributed by atoms with Crippen molar-refractivity contribution in [2.24, 2.45) is 0 Å². The molecule has 0 spiro atoms. The Bertz CT molecular complexity index is 199. The Morgan fingerprint density at radius 2 is 2.00 bits per heavy atom. The van der Waals surface area contributed by atoms with E-state index in [-0.39, 0.29) is 5.25 Å². The minimum absolute atomic E-state index is 0.250. The van der Waals surface area contributed by atoms with Crippen molar-refractivity contribution in [1.82, 2.24) is 0 Å². The van der Waals surface area contributed by atoms with Crippen molar-refractivity contribution in [3.8, 4) is 0 Å². The lowest BCUT2D eigenvalue weighted by atomic mass is 10.1. The molecule has 0 aromatic rings. The first-order chi connectivity index (χ1) is 5.52. The first kappa shape index (κ1) is 13.1. The van der Waals surface area contributed by atoms with E-state index in [1.54, 1.807) is 0 Å². The fourth-order valence-electron chi connectivity index (χ4n) is 1.17. The smallest absolute Gasteiger partial charge is 0.0881 e. The van der Waals surface area contributed by atoms with Crippen LogP contribution in [0.3, 0.4) is 0 Å². The monoisotopic (exact) mass is 320 g/mol. The lowest BCUT2D eigenvalue weighted by Crippen LogP contribution is -2.13. The number of unbranched alkanes of at least 4 members (excludes halogenated alkanes) is 2. The van der Waals surface area contributed by atoms with Crippen molar-refractivity contribution < 1.29 is 4.21 Å². The molecule has 0 bridgehead atoms. The Labute approximate surface area is 93.0 Å². The maximum Gasteiger partial charge on any atom is 0.0881 e. The van der Waals surface area contributed by atoms with Crippen LogP contribution in [0.2, 0.25) is 0 Å². The summed E-state index contributed by atoms with van der Waals surface area (Å²) in [6.07, 6.45) is 5.62. The van der Waals surface area contributed by atoms with Crippen molar-refractivity contribution in [3.63, 3.8) is 0 Å². The summed E-state index contributed by atoms with van der Waals surface area (Å²) in [5.41, 5.74) is -1.99. The molecule has 0 aromatic carbocycles. The molecule has 12 heavy (non-hydrogen) atoms. The molecule has 0 heterocycles. The Morgan fingerprint density at radius 3 is 2.33 bits per heavy atom. The predicted molar refractivity (Wildman–Crippen MR) is 67.7 cm³/mol. The van der Waals surface area contributed by atoms with Gasteiger partial charge in [0, 0.05) is 26.5 Å². The lowest BCUT2D eigenvalue weighted by Gasteiger charge is -2.12. The summed E-state index contributed by atoms with van der Waals surface area (Å²) in [7, 11) is 0. The van der Waals surface area contributed by atoms with Gasteiger partial charge in [-0.3, -0.25) is 0 Å². The number of halogens is 1. The van der Waals surface area contributed by atoms with E-state index < -0.39 is 5.66 Å². The van der Waals surface area contributed by atoms with Crippen LogP contribution in [-0.4, -0.2) is 9.46 Å². The van der Waals surface area contributed by atoms with Crippen LogP contribution in [0.4, 0.5) is 0 Å². The lowest BCUT2D eigenvalue weighted by molar-refractivity contribution is 0.615. The molecular weight excluding hydrogens is 303 g/mol. The molecule has 0 saturated heterocycles. The second-order valence-electron chi connectivity index (χ2n) is 3.00. The minimum atomic E-state index is -1.99. The first-order valence-corrected chi connectivity index (χ1v) is 9.54. The molecule has 0 N–H and O–H groups in total. The van der Waals surface area contributed by atoms with Gasteiger partial charge in [-0.05, 0) is 24.0 Å². The summed E-state index contributed by atoms with van der Waals surface area (Å²) in [6.45, 7) is 4.25. The summed E-state index contributed by atoms with van der Waals surface area (Å²) < 4.78 is 11.5. The summed E-state index contributed by atoms with van der Waals surface area (Å²) in [6, 6.07) is 0. The van der Waals surface area contributed by atoms with Gasteiger partial charge in [-0.25, -0.2) is 4.21 Å². The van der Waals surface area contributed by atoms with Crippen molar-refractivity contribution in [1.29, 1.82) is 0 Å². The van der Waals surface area contributed by atoms with Gasteiger partial charge in [-0.1, -0.05) is 33.1 Å². The molecular formula is C8H17IOS2. The fraction of sp³-hybridized carbons (Fsp3) is 1.00. The molecule has 74 valence electrons. The van der Waals surface area contributed by atoms with Gasteiger partial charge in [-0.15, -0.1) is 0 Å². The third-order valence-electron chi connectivity index (χ3n) is 1.98. The summed E-state index contributed by atoms with van der Waals surface area (Å²) in [5.74, 6) is 0. The molecule has 2 unspecified atom stereocenters. The van der Waals surface area contributed by atoms with Crippen molar-refractivity contribution >= 4 is 38.1 Å². The van der Waals surface area contributed by atoms with E-state index in [0.29, 0.717) is 0 Å². The van der Waals surface area contributed by atoms with Gasteiger partial charge < -0.3 is 0 Å². The van der Waals surface area contributed by atoms with Gasteiger partial charge in [0.05, 0.1) is 5.66 Å². The molecule has 1 nitrogen and oxygen atoms in total. The van der Waals surface area contributed by atoms with Crippen LogP contribution in [0.1, 0.15) is 46.0 Å². The molecule has 0 radical (unpaired) electrons. The molecule has 4 heteroatoms. The van der Waals surface area contributed by atoms with Crippen molar-refractivity contribution in [2.45, 2.75) is 51.2 Å². The normalized spacial score (nSPS) is 18.6. The zero-order chi connectivity index (χ0) is 9.61. The second kappa shape index (κ2) is 6.54. The highest BCUT2D eigenvalue weighted by molar-refractivity contribution is 14.2. The van der Waals surface area contributed by atoms with E-state index in [0.717, 1.165) is 12.8 Å². The highest BCUT2D eigenvalue weighted by Crippen LogP contribution is 2.20. The highest BCUT2D eigenvalue weighted by Gasteiger charge is 2.15. The zero-order valence-electron chi connectivity index (χ0n) is 7.72. The fourth-order valence-corrected chi connectivity index (χ4v) is 4.55. The topological polar surface area (TPSA) is 17.1 Å². The van der Waals surface area contributed by atoms with Crippen LogP contribution in [0.25, 0.3) is 0 Å². The largest absolute Gasteiger partial charge is 0.246 e. The summed E-state index contributed by atoms with van der Waals surface area (Å²) in [5, 5.41) is 0.250. The van der Waals surface area contributed by atoms with Crippen LogP contribution in [-0.2, 0) is 16.9 Å². The molecule has 0 aromatic heterocycles. The summed E-state index contributed by atoms with van der Waals surface area (Å²) >= 11 is 6.90. The number of hydrogen-bond acceptors (Lipinski definition) is 2. The van der Waals surface area contributed by atoms with Gasteiger partial charge in [0.25, 0.3) is 0 Å². The average molecular weight is 320 g/mol. The maximum atomic E-state index is 11.5. The third-order valence-corrected chi connectivity index (χ3v) is 6.32. The van der Waals surface area contributed by atoms with Crippen LogP contribution >= 0.6 is 21.2 Å². The second-order valence-corrected chi connectivity index (χ2v) is 11.8. The van der Waals surface area contributed by atoms with Gasteiger partial charge in [0.2, 0.25) is 0 Å². The molecule has 0 aliphatic carbocycles.